The first-order chi connectivity index (χ1) is 27.2. The summed E-state index contributed by atoms with van der Waals surface area (Å²) in [7, 11) is 0. The van der Waals surface area contributed by atoms with Crippen molar-refractivity contribution in [2.24, 2.45) is 4.99 Å². The van der Waals surface area contributed by atoms with Crippen LogP contribution in [0.2, 0.25) is 0 Å². The molecule has 55 heavy (non-hydrogen) atoms. The molecule has 0 fully saturated rings. The van der Waals surface area contributed by atoms with Crippen LogP contribution >= 0.6 is 0 Å². The summed E-state index contributed by atoms with van der Waals surface area (Å²) in [5, 5.41) is 10.6. The maximum absolute atomic E-state index is 4.77. The van der Waals surface area contributed by atoms with Crippen LogP contribution in [0.25, 0.3) is 105 Å². The van der Waals surface area contributed by atoms with Crippen LogP contribution in [-0.2, 0) is 0 Å². The summed E-state index contributed by atoms with van der Waals surface area (Å²) in [6.45, 7) is 5.96. The Hall–Kier alpha value is -7.30. The number of hydrogen-bond donors (Lipinski definition) is 0. The van der Waals surface area contributed by atoms with E-state index in [2.05, 4.69) is 179 Å². The summed E-state index contributed by atoms with van der Waals surface area (Å²) in [5.41, 5.74) is 12.3. The zero-order valence-corrected chi connectivity index (χ0v) is 30.2. The summed E-state index contributed by atoms with van der Waals surface area (Å²) >= 11 is 0. The summed E-state index contributed by atoms with van der Waals surface area (Å²) in [4.78, 5) is 9.25. The molecule has 0 aliphatic carbocycles. The minimum Gasteiger partial charge on any atom is -0.309 e. The standard InChI is InChI=1S/C51H34N4/c1-3-9-34-17-15-32-19-23-38(30-42(32)50(34)52-2)54-46-13-6-4-11-40(46)44-28-36(21-25-48(44)54)37-22-26-49-45(29-37)41-12-5-7-14-47(41)55(49)39-24-20-33-16-18-35-10-8-27-53-51(35)43(33)31-39/h3-31H,2H2,1H3/b9-3-. The highest BCUT2D eigenvalue weighted by Gasteiger charge is 2.17. The van der Waals surface area contributed by atoms with Gasteiger partial charge in [-0.2, -0.15) is 0 Å². The zero-order chi connectivity index (χ0) is 36.6. The lowest BCUT2D eigenvalue weighted by molar-refractivity contribution is 1.18. The molecule has 0 aliphatic rings. The number of fused-ring (bicyclic) bond motifs is 10. The maximum Gasteiger partial charge on any atom is 0.0781 e. The van der Waals surface area contributed by atoms with Crippen LogP contribution in [0.15, 0.2) is 175 Å². The first-order valence-electron chi connectivity index (χ1n) is 18.7. The minimum atomic E-state index is 0.906. The molecule has 4 heteroatoms. The molecule has 0 atom stereocenters. The molecule has 0 bridgehead atoms. The Bertz CT molecular complexity index is 3410. The van der Waals surface area contributed by atoms with Crippen molar-refractivity contribution in [1.82, 2.24) is 14.1 Å². The van der Waals surface area contributed by atoms with Crippen LogP contribution in [0.1, 0.15) is 12.5 Å². The molecular formula is C51H34N4. The van der Waals surface area contributed by atoms with Gasteiger partial charge in [-0.3, -0.25) is 9.98 Å². The van der Waals surface area contributed by atoms with E-state index in [4.69, 9.17) is 4.98 Å². The van der Waals surface area contributed by atoms with Crippen LogP contribution in [-0.4, -0.2) is 20.8 Å². The van der Waals surface area contributed by atoms with Crippen molar-refractivity contribution >= 4 is 94.5 Å². The Morgan fingerprint density at radius 2 is 1.04 bits per heavy atom. The fourth-order valence-corrected chi connectivity index (χ4v) is 8.79. The molecule has 3 heterocycles. The van der Waals surface area contributed by atoms with Gasteiger partial charge in [-0.1, -0.05) is 103 Å². The summed E-state index contributed by atoms with van der Waals surface area (Å²) < 4.78 is 4.77. The van der Waals surface area contributed by atoms with E-state index in [1.165, 1.54) is 54.6 Å². The minimum absolute atomic E-state index is 0.906. The van der Waals surface area contributed by atoms with Gasteiger partial charge in [0, 0.05) is 60.8 Å². The van der Waals surface area contributed by atoms with Gasteiger partial charge >= 0.3 is 0 Å². The average Bonchev–Trinajstić information content (AvgIpc) is 3.75. The van der Waals surface area contributed by atoms with E-state index >= 15 is 0 Å². The predicted octanol–water partition coefficient (Wildman–Crippen LogP) is 13.8. The monoisotopic (exact) mass is 702 g/mol. The van der Waals surface area contributed by atoms with Crippen LogP contribution in [0, 0.1) is 0 Å². The molecule has 0 N–H and O–H groups in total. The topological polar surface area (TPSA) is 35.1 Å². The quantitative estimate of drug-likeness (QED) is 0.130. The number of para-hydroxylation sites is 2. The Morgan fingerprint density at radius 1 is 0.491 bits per heavy atom. The summed E-state index contributed by atoms with van der Waals surface area (Å²) in [6.07, 6.45) is 6.02. The highest BCUT2D eigenvalue weighted by atomic mass is 15.0. The molecule has 0 radical (unpaired) electrons. The normalized spacial score (nSPS) is 12.1. The molecule has 258 valence electrons. The number of nitrogens with zero attached hydrogens (tertiary/aromatic N) is 4. The largest absolute Gasteiger partial charge is 0.309 e. The SMILES string of the molecule is C=Nc1c(/C=C\C)ccc2ccc(-n3c4ccccc4c4cc(-c5ccc6c(c5)c5ccccc5n6-c5ccc6ccc7cccnc7c6c5)ccc43)cc12. The molecule has 3 aromatic heterocycles. The third-order valence-corrected chi connectivity index (χ3v) is 11.3. The van der Waals surface area contributed by atoms with E-state index in [1.54, 1.807) is 0 Å². The van der Waals surface area contributed by atoms with Crippen molar-refractivity contribution in [1.29, 1.82) is 0 Å². The lowest BCUT2D eigenvalue weighted by Crippen LogP contribution is -1.94. The fraction of sp³-hybridized carbons (Fsp3) is 0.0196. The van der Waals surface area contributed by atoms with Gasteiger partial charge in [0.05, 0.1) is 33.3 Å². The lowest BCUT2D eigenvalue weighted by atomic mass is 10.0. The lowest BCUT2D eigenvalue weighted by Gasteiger charge is -2.12. The van der Waals surface area contributed by atoms with Crippen molar-refractivity contribution in [2.75, 3.05) is 0 Å². The zero-order valence-electron chi connectivity index (χ0n) is 30.2. The Kier molecular flexibility index (Phi) is 6.89. The van der Waals surface area contributed by atoms with E-state index in [-0.39, 0.29) is 0 Å². The summed E-state index contributed by atoms with van der Waals surface area (Å²) in [6, 6.07) is 57.4. The second-order valence-corrected chi connectivity index (χ2v) is 14.3. The van der Waals surface area contributed by atoms with E-state index in [0.29, 0.717) is 0 Å². The predicted molar refractivity (Wildman–Crippen MR) is 235 cm³/mol. The number of allylic oxidation sites excluding steroid dienone is 1. The molecule has 0 aliphatic heterocycles. The number of rotatable bonds is 5. The van der Waals surface area contributed by atoms with E-state index in [1.807, 2.05) is 25.3 Å². The summed E-state index contributed by atoms with van der Waals surface area (Å²) in [5.74, 6) is 0. The number of aromatic nitrogens is 3. The third-order valence-electron chi connectivity index (χ3n) is 11.3. The number of hydrogen-bond acceptors (Lipinski definition) is 2. The number of pyridine rings is 1. The fourth-order valence-electron chi connectivity index (χ4n) is 8.79. The Labute approximate surface area is 317 Å². The van der Waals surface area contributed by atoms with E-state index in [0.717, 1.165) is 55.2 Å². The van der Waals surface area contributed by atoms with E-state index in [9.17, 15) is 0 Å². The second kappa shape index (κ2) is 12.1. The van der Waals surface area contributed by atoms with Gasteiger partial charge in [0.1, 0.15) is 0 Å². The molecule has 0 amide bonds. The van der Waals surface area contributed by atoms with Gasteiger partial charge in [0.15, 0.2) is 0 Å². The van der Waals surface area contributed by atoms with Crippen molar-refractivity contribution < 1.29 is 0 Å². The number of benzene rings is 8. The Morgan fingerprint density at radius 3 is 1.67 bits per heavy atom. The highest BCUT2D eigenvalue weighted by molar-refractivity contribution is 6.14. The molecule has 0 unspecified atom stereocenters. The molecule has 4 nitrogen and oxygen atoms in total. The van der Waals surface area contributed by atoms with Gasteiger partial charge < -0.3 is 9.13 Å². The van der Waals surface area contributed by atoms with Crippen LogP contribution in [0.5, 0.6) is 0 Å². The molecule has 0 spiro atoms. The smallest absolute Gasteiger partial charge is 0.0781 e. The van der Waals surface area contributed by atoms with Crippen molar-refractivity contribution in [2.45, 2.75) is 6.92 Å². The Balaban J connectivity index is 1.08. The van der Waals surface area contributed by atoms with Gasteiger partial charge in [0.25, 0.3) is 0 Å². The van der Waals surface area contributed by atoms with Crippen molar-refractivity contribution in [3.8, 4) is 22.5 Å². The molecular weight excluding hydrogens is 669 g/mol. The van der Waals surface area contributed by atoms with Crippen LogP contribution in [0.4, 0.5) is 5.69 Å². The van der Waals surface area contributed by atoms with Gasteiger partial charge in [0.2, 0.25) is 0 Å². The molecule has 11 rings (SSSR count). The number of aliphatic imine (C=N–C) groups is 1. The van der Waals surface area contributed by atoms with Crippen LogP contribution < -0.4 is 0 Å². The first kappa shape index (κ1) is 31.2. The molecule has 11 aromatic rings. The molecule has 8 aromatic carbocycles. The molecule has 0 saturated carbocycles. The highest BCUT2D eigenvalue weighted by Crippen LogP contribution is 2.40. The van der Waals surface area contributed by atoms with Crippen molar-refractivity contribution in [3.63, 3.8) is 0 Å². The molecule has 0 saturated heterocycles. The van der Waals surface area contributed by atoms with Gasteiger partial charge in [-0.05, 0) is 102 Å². The van der Waals surface area contributed by atoms with Gasteiger partial charge in [-0.25, -0.2) is 0 Å². The average molecular weight is 703 g/mol. The maximum atomic E-state index is 4.77. The van der Waals surface area contributed by atoms with Crippen LogP contribution in [0.3, 0.4) is 0 Å². The van der Waals surface area contributed by atoms with Gasteiger partial charge in [-0.15, -0.1) is 0 Å². The third kappa shape index (κ3) is 4.71. The first-order valence-corrected chi connectivity index (χ1v) is 18.7. The second-order valence-electron chi connectivity index (χ2n) is 14.3. The van der Waals surface area contributed by atoms with E-state index < -0.39 is 0 Å². The van der Waals surface area contributed by atoms with Crippen molar-refractivity contribution in [3.05, 3.63) is 176 Å².